The summed E-state index contributed by atoms with van der Waals surface area (Å²) in [7, 11) is -5.45. The molecule has 16 heteroatoms. The fourth-order valence-electron chi connectivity index (χ4n) is 15.5. The van der Waals surface area contributed by atoms with E-state index in [0.717, 1.165) is 103 Å². The molecule has 1 atom stereocenters. The summed E-state index contributed by atoms with van der Waals surface area (Å²) >= 11 is 0. The molecule has 1 unspecified atom stereocenters. The minimum Gasteiger partial charge on any atom is -0.305 e. The van der Waals surface area contributed by atoms with Crippen LogP contribution in [0, 0.1) is 76.2 Å². The Bertz CT molecular complexity index is 5500. The molecule has 16 aromatic rings. The van der Waals surface area contributed by atoms with Crippen molar-refractivity contribution in [3.05, 3.63) is 410 Å². The van der Waals surface area contributed by atoms with E-state index in [1.165, 1.54) is 73.2 Å². The third-order valence-corrected chi connectivity index (χ3v) is 29.9. The quantitative estimate of drug-likeness (QED) is 0.0618. The van der Waals surface area contributed by atoms with Crippen molar-refractivity contribution in [3.63, 3.8) is 0 Å². The minimum atomic E-state index is -1.40. The number of rotatable bonds is 18. The Kier molecular flexibility index (Phi) is 48.4. The van der Waals surface area contributed by atoms with E-state index in [-0.39, 0.29) is 80.4 Å². The number of pyridine rings is 8. The standard InChI is InChI=1S/C19H26NSi.2C18H24NSi.C17H22NSi.4C11H8N.4Ir/c1-7-14(2)17-13-18(16-11-9-8-10-12-16)20-15(3)19(17)21(4,5)6;1-13(2)17-14(3)18(15-10-8-7-9-11-15)19-12-16(17)20(4,5)6;1-6-10-16-13-17(15-11-8-7-9-12-15)19-14(2)18(16)20(3,4)5;1-6-15-13(2)17(14-10-8-7-9-11-14)18-12-16(15)19(3,4)5;4*1-2-6-10(7-3-1)11-8-4-5-9-12-11;;;;/h8-11,13-14H,7H2,1-6H3;7-10,12-13H,1-6H3;7-9,11,13H,6,10H2,1-5H3;7-10,12H,6H2,1-5H3;4*1-6,8-9H;;;;/q8*-1;;;;. The second-order valence-corrected chi connectivity index (χ2v) is 56.1. The van der Waals surface area contributed by atoms with Gasteiger partial charge in [-0.1, -0.05) is 215 Å². The average molecular weight is 2520 g/mol. The third-order valence-electron chi connectivity index (χ3n) is 21.5. The van der Waals surface area contributed by atoms with Gasteiger partial charge in [-0.25, -0.2) is 0 Å². The first-order valence-electron chi connectivity index (χ1n) is 44.8. The number of aryl methyl sites for hydroxylation is 3. The SMILES string of the molecule is CCC(C)c1cc(-c2[c-]cccc2)nc(C)c1[Si](C)(C)C.CCCc1cc(-c2[c-]cccc2)nc(C)c1[Si](C)(C)C.CCc1c([Si](C)(C)C)cnc(-c2[c-]cccc2)c1C.Cc1c(-c2[c-]cccc2)ncc([Si](C)(C)C)c1C(C)C.[Ir].[Ir].[Ir].[Ir].[c-]1ccccc1-c1ccccn1.[c-]1ccccc1-c1ccccn1.[c-]1ccccc1-c1ccccn1.[c-]1ccccc1-c1ccccn1. The molecule has 0 amide bonds. The van der Waals surface area contributed by atoms with Gasteiger partial charge in [0.25, 0.3) is 0 Å². The molecule has 8 aromatic carbocycles. The molecule has 0 fully saturated rings. The van der Waals surface area contributed by atoms with E-state index in [9.17, 15) is 0 Å². The van der Waals surface area contributed by atoms with E-state index >= 15 is 0 Å². The minimum absolute atomic E-state index is 0. The Balaban J connectivity index is 0.000000268. The summed E-state index contributed by atoms with van der Waals surface area (Å²) < 4.78 is 0. The number of hydrogen-bond acceptors (Lipinski definition) is 8. The van der Waals surface area contributed by atoms with Gasteiger partial charge in [0, 0.05) is 129 Å². The van der Waals surface area contributed by atoms with Crippen LogP contribution in [0.3, 0.4) is 0 Å². The monoisotopic (exact) mass is 2520 g/mol. The first-order valence-corrected chi connectivity index (χ1v) is 58.8. The molecule has 8 heterocycles. The topological polar surface area (TPSA) is 103 Å². The first-order chi connectivity index (χ1) is 61.4. The fraction of sp³-hybridized carbons (Fsp3) is 0.241. The van der Waals surface area contributed by atoms with Crippen LogP contribution in [0.25, 0.3) is 90.1 Å². The Morgan fingerprint density at radius 2 is 0.591 bits per heavy atom. The first kappa shape index (κ1) is 113. The molecule has 0 aliphatic carbocycles. The summed E-state index contributed by atoms with van der Waals surface area (Å²) in [5, 5.41) is 6.06. The number of aromatic nitrogens is 8. The van der Waals surface area contributed by atoms with Crippen molar-refractivity contribution in [3.8, 4) is 90.1 Å². The maximum Gasteiger partial charge on any atom is 0.0802 e. The molecule has 8 nitrogen and oxygen atoms in total. The van der Waals surface area contributed by atoms with Crippen molar-refractivity contribution < 1.29 is 80.4 Å². The van der Waals surface area contributed by atoms with Crippen molar-refractivity contribution in [2.24, 2.45) is 0 Å². The molecule has 0 aliphatic rings. The molecule has 132 heavy (non-hydrogen) atoms. The summed E-state index contributed by atoms with van der Waals surface area (Å²) in [5.41, 5.74) is 27.7. The van der Waals surface area contributed by atoms with Gasteiger partial charge in [-0.15, -0.1) is 287 Å². The van der Waals surface area contributed by atoms with Gasteiger partial charge < -0.3 is 39.9 Å². The van der Waals surface area contributed by atoms with E-state index in [0.29, 0.717) is 11.8 Å². The van der Waals surface area contributed by atoms with Crippen LogP contribution in [0.4, 0.5) is 0 Å². The largest absolute Gasteiger partial charge is 0.305 e. The second-order valence-electron chi connectivity index (χ2n) is 36.0. The summed E-state index contributed by atoms with van der Waals surface area (Å²) in [6.45, 7) is 51.2. The molecule has 0 bridgehead atoms. The third kappa shape index (κ3) is 34.4. The molecule has 16 rings (SSSR count). The van der Waals surface area contributed by atoms with Gasteiger partial charge in [0.2, 0.25) is 0 Å². The second kappa shape index (κ2) is 56.6. The predicted octanol–water partition coefficient (Wildman–Crippen LogP) is 27.9. The van der Waals surface area contributed by atoms with E-state index < -0.39 is 32.3 Å². The smallest absolute Gasteiger partial charge is 0.0802 e. The maximum atomic E-state index is 4.89. The van der Waals surface area contributed by atoms with Crippen LogP contribution in [-0.4, -0.2) is 72.2 Å². The van der Waals surface area contributed by atoms with Crippen molar-refractivity contribution in [1.29, 1.82) is 0 Å². The van der Waals surface area contributed by atoms with Crippen LogP contribution < -0.4 is 20.7 Å². The van der Waals surface area contributed by atoms with Crippen molar-refractivity contribution >= 4 is 53.0 Å². The fourth-order valence-corrected chi connectivity index (χ4v) is 23.6. The van der Waals surface area contributed by atoms with E-state index in [1.807, 2.05) is 224 Å². The van der Waals surface area contributed by atoms with Crippen molar-refractivity contribution in [2.75, 3.05) is 0 Å². The number of nitrogens with zero attached hydrogens (tertiary/aromatic N) is 8. The average Bonchev–Trinajstić information content (AvgIpc) is 0.805. The van der Waals surface area contributed by atoms with Crippen LogP contribution in [0.1, 0.15) is 111 Å². The molecule has 0 N–H and O–H groups in total. The maximum absolute atomic E-state index is 4.89. The van der Waals surface area contributed by atoms with Crippen LogP contribution in [0.5, 0.6) is 0 Å². The molecule has 0 saturated carbocycles. The summed E-state index contributed by atoms with van der Waals surface area (Å²) in [6, 6.07) is 117. The Morgan fingerprint density at radius 1 is 0.303 bits per heavy atom. The Morgan fingerprint density at radius 3 is 0.856 bits per heavy atom. The van der Waals surface area contributed by atoms with Crippen molar-refractivity contribution in [2.45, 2.75) is 185 Å². The summed E-state index contributed by atoms with van der Waals surface area (Å²) in [5.74, 6) is 1.11. The zero-order valence-corrected chi connectivity index (χ0v) is 94.5. The Labute approximate surface area is 850 Å². The van der Waals surface area contributed by atoms with Crippen LogP contribution >= 0.6 is 0 Å². The van der Waals surface area contributed by atoms with Gasteiger partial charge in [0.1, 0.15) is 0 Å². The molecule has 0 spiro atoms. The van der Waals surface area contributed by atoms with Gasteiger partial charge in [-0.3, -0.25) is 0 Å². The van der Waals surface area contributed by atoms with E-state index in [2.05, 4.69) is 283 Å². The Hall–Kier alpha value is -9.58. The van der Waals surface area contributed by atoms with Crippen molar-refractivity contribution in [1.82, 2.24) is 39.9 Å². The molecular formula is C116H128Ir4N8Si4-8. The van der Waals surface area contributed by atoms with Gasteiger partial charge >= 0.3 is 0 Å². The van der Waals surface area contributed by atoms with Gasteiger partial charge in [-0.2, -0.15) is 0 Å². The summed E-state index contributed by atoms with van der Waals surface area (Å²) in [6.07, 6.45) is 15.9. The zero-order valence-electron chi connectivity index (χ0n) is 80.9. The number of hydrogen-bond donors (Lipinski definition) is 0. The molecular weight excluding hydrogens is 2390 g/mol. The molecule has 8 aromatic heterocycles. The number of benzene rings is 8. The molecule has 0 saturated heterocycles. The van der Waals surface area contributed by atoms with Crippen LogP contribution in [-0.2, 0) is 93.3 Å². The normalized spacial score (nSPS) is 10.9. The van der Waals surface area contributed by atoms with E-state index in [1.54, 1.807) is 30.0 Å². The predicted molar refractivity (Wildman–Crippen MR) is 555 cm³/mol. The van der Waals surface area contributed by atoms with Crippen LogP contribution in [0.15, 0.2) is 316 Å². The van der Waals surface area contributed by atoms with Gasteiger partial charge in [0.15, 0.2) is 0 Å². The zero-order chi connectivity index (χ0) is 92.2. The molecule has 0 aliphatic heterocycles. The van der Waals surface area contributed by atoms with Crippen LogP contribution in [0.2, 0.25) is 78.6 Å². The van der Waals surface area contributed by atoms with Gasteiger partial charge in [0.05, 0.1) is 32.3 Å². The summed E-state index contributed by atoms with van der Waals surface area (Å²) in [4.78, 5) is 36.1. The van der Waals surface area contributed by atoms with E-state index in [4.69, 9.17) is 19.9 Å². The molecule has 4 radical (unpaired) electrons. The molecule has 692 valence electrons. The van der Waals surface area contributed by atoms with Gasteiger partial charge in [-0.05, 0) is 155 Å².